The van der Waals surface area contributed by atoms with Gasteiger partial charge < -0.3 is 30.0 Å². The molecule has 1 aromatic carbocycles. The summed E-state index contributed by atoms with van der Waals surface area (Å²) in [6.45, 7) is 3.94. The van der Waals surface area contributed by atoms with Crippen molar-refractivity contribution in [1.29, 1.82) is 15.8 Å². The van der Waals surface area contributed by atoms with Gasteiger partial charge in [-0.25, -0.2) is 24.9 Å². The number of anilines is 3. The highest BCUT2D eigenvalue weighted by Gasteiger charge is 2.59. The van der Waals surface area contributed by atoms with E-state index in [1.807, 2.05) is 36.4 Å². The van der Waals surface area contributed by atoms with Crippen LogP contribution in [0.4, 0.5) is 17.6 Å². The first kappa shape index (κ1) is 44.7. The lowest BCUT2D eigenvalue weighted by Crippen LogP contribution is -2.57. The van der Waals surface area contributed by atoms with Crippen molar-refractivity contribution in [3.63, 3.8) is 0 Å². The van der Waals surface area contributed by atoms with Crippen LogP contribution >= 0.6 is 0 Å². The maximum atomic E-state index is 14.2. The molecule has 6 saturated carbocycles. The van der Waals surface area contributed by atoms with E-state index in [1.165, 1.54) is 0 Å². The number of hydrogen-bond acceptors (Lipinski definition) is 14. The Morgan fingerprint density at radius 3 is 1.97 bits per heavy atom. The summed E-state index contributed by atoms with van der Waals surface area (Å²) in [6, 6.07) is 21.1. The lowest BCUT2D eigenvalue weighted by Gasteiger charge is -2.43. The van der Waals surface area contributed by atoms with E-state index < -0.39 is 0 Å². The van der Waals surface area contributed by atoms with Gasteiger partial charge in [0.25, 0.3) is 0 Å². The molecule has 72 heavy (non-hydrogen) atoms. The molecule has 0 bridgehead atoms. The maximum Gasteiger partial charge on any atom is 0.226 e. The zero-order chi connectivity index (χ0) is 48.8. The second-order valence-electron chi connectivity index (χ2n) is 21.7. The van der Waals surface area contributed by atoms with Crippen LogP contribution in [0.15, 0.2) is 54.9 Å². The number of aliphatic hydroxyl groups excluding tert-OH is 1. The van der Waals surface area contributed by atoms with Gasteiger partial charge in [0.05, 0.1) is 46.9 Å². The number of rotatable bonds is 14. The smallest absolute Gasteiger partial charge is 0.226 e. The summed E-state index contributed by atoms with van der Waals surface area (Å²) in [6.07, 6.45) is 13.4. The molecule has 16 nitrogen and oxygen atoms in total. The Kier molecular flexibility index (Phi) is 11.1. The highest BCUT2D eigenvalue weighted by molar-refractivity contribution is 5.99. The van der Waals surface area contributed by atoms with Crippen LogP contribution in [0.25, 0.3) is 33.2 Å². The molecule has 13 rings (SSSR count). The molecule has 0 radical (unpaired) electrons. The third-order valence-corrected chi connectivity index (χ3v) is 16.9. The lowest BCUT2D eigenvalue weighted by molar-refractivity contribution is -0.136. The van der Waals surface area contributed by atoms with Crippen molar-refractivity contribution in [2.24, 2.45) is 35.5 Å². The van der Waals surface area contributed by atoms with Gasteiger partial charge in [-0.05, 0) is 123 Å². The quantitative estimate of drug-likeness (QED) is 0.118. The van der Waals surface area contributed by atoms with Gasteiger partial charge in [-0.2, -0.15) is 15.8 Å². The minimum atomic E-state index is -0.0463. The van der Waals surface area contributed by atoms with Crippen molar-refractivity contribution >= 4 is 40.2 Å². The molecule has 0 spiro atoms. The number of nitrogens with zero attached hydrogens (tertiary/aromatic N) is 12. The average Bonchev–Trinajstić information content (AvgIpc) is 4.21. The third kappa shape index (κ3) is 8.22. The van der Waals surface area contributed by atoms with Crippen LogP contribution in [0.1, 0.15) is 104 Å². The molecular formula is C56H57N13O3. The molecule has 6 atom stereocenters. The lowest BCUT2D eigenvalue weighted by atomic mass is 9.93. The van der Waals surface area contributed by atoms with E-state index >= 15 is 0 Å². The largest absolute Gasteiger partial charge is 0.395 e. The molecular weight excluding hydrogens is 903 g/mol. The number of aliphatic hydroxyl groups is 1. The van der Waals surface area contributed by atoms with Crippen LogP contribution in [-0.2, 0) is 9.59 Å². The Morgan fingerprint density at radius 1 is 0.653 bits per heavy atom. The van der Waals surface area contributed by atoms with Crippen LogP contribution in [0, 0.1) is 69.5 Å². The molecule has 8 fully saturated rings. The average molecular weight is 960 g/mol. The SMILES string of the molecule is N#Cc1cc(-c2ccnc(NCCO)n2)c(C2CC2)nc1N1CCN(C(=O)C2CC2)C(C2CC2C2CC2c2nc(N3CCN(C(=O)C4CC4)C(C4CC4)C3)c(C#N)cc2-c2cccc3c(C#N)nccc23)C1. The highest BCUT2D eigenvalue weighted by Crippen LogP contribution is 2.64. The highest BCUT2D eigenvalue weighted by atomic mass is 16.3. The molecule has 364 valence electrons. The van der Waals surface area contributed by atoms with Crippen molar-refractivity contribution < 1.29 is 14.7 Å². The standard InChI is InChI=1S/C56H57N13O3/c57-26-35-22-43(37-2-1-3-39-38(37)12-14-60-47(39)28-59)51(65-53(35)66-17-19-68(54(71)33-8-9-33)48(29-66)31-4-5-31)44-25-41(44)40-24-42(40)49-30-67(18-20-69(49)55(72)34-10-11-34)52-36(27-58)23-45(50(64-52)32-6-7-32)46-13-15-61-56(63-46)62-16-21-70/h1-3,12-15,22-23,31-34,40-42,44,48-49,70H,4-11,16-21,24-25,29-30H2,(H,61,62,63). The Morgan fingerprint density at radius 2 is 1.32 bits per heavy atom. The van der Waals surface area contributed by atoms with Gasteiger partial charge >= 0.3 is 0 Å². The van der Waals surface area contributed by atoms with E-state index in [2.05, 4.69) is 59.2 Å². The topological polar surface area (TPSA) is 215 Å². The molecule has 2 N–H and O–H groups in total. The number of benzene rings is 1. The van der Waals surface area contributed by atoms with Crippen LogP contribution in [0.3, 0.4) is 0 Å². The number of hydrogen-bond donors (Lipinski definition) is 2. The van der Waals surface area contributed by atoms with E-state index in [-0.39, 0.29) is 54.2 Å². The van der Waals surface area contributed by atoms with E-state index in [1.54, 1.807) is 12.4 Å². The minimum absolute atomic E-state index is 0.0366. The predicted molar refractivity (Wildman–Crippen MR) is 268 cm³/mol. The number of nitrogens with one attached hydrogen (secondary N) is 1. The summed E-state index contributed by atoms with van der Waals surface area (Å²) in [5.74, 6) is 4.38. The van der Waals surface area contributed by atoms with Gasteiger partial charge in [0, 0.05) is 98.4 Å². The van der Waals surface area contributed by atoms with Gasteiger partial charge in [-0.3, -0.25) is 9.59 Å². The summed E-state index contributed by atoms with van der Waals surface area (Å²) >= 11 is 0. The number of nitriles is 3. The van der Waals surface area contributed by atoms with Gasteiger partial charge in [-0.1, -0.05) is 18.2 Å². The summed E-state index contributed by atoms with van der Waals surface area (Å²) < 4.78 is 0. The fourth-order valence-corrected chi connectivity index (χ4v) is 12.5. The van der Waals surface area contributed by atoms with Crippen LogP contribution in [0.5, 0.6) is 0 Å². The second-order valence-corrected chi connectivity index (χ2v) is 21.7. The summed E-state index contributed by atoms with van der Waals surface area (Å²) in [7, 11) is 0. The van der Waals surface area contributed by atoms with E-state index in [0.717, 1.165) is 103 Å². The molecule has 6 heterocycles. The second kappa shape index (κ2) is 17.8. The Hall–Kier alpha value is -7.22. The summed E-state index contributed by atoms with van der Waals surface area (Å²) in [4.78, 5) is 60.9. The van der Waals surface area contributed by atoms with Crippen molar-refractivity contribution in [3.05, 3.63) is 83.1 Å². The van der Waals surface area contributed by atoms with Crippen molar-refractivity contribution in [2.75, 3.05) is 67.5 Å². The molecule has 6 unspecified atom stereocenters. The van der Waals surface area contributed by atoms with Gasteiger partial charge in [0.15, 0.2) is 0 Å². The number of amides is 2. The third-order valence-electron chi connectivity index (χ3n) is 16.9. The van der Waals surface area contributed by atoms with Crippen molar-refractivity contribution in [2.45, 2.75) is 88.1 Å². The van der Waals surface area contributed by atoms with Crippen LogP contribution < -0.4 is 15.1 Å². The van der Waals surface area contributed by atoms with E-state index in [0.29, 0.717) is 110 Å². The number of aromatic nitrogens is 5. The van der Waals surface area contributed by atoms with Crippen LogP contribution in [-0.4, -0.2) is 116 Å². The van der Waals surface area contributed by atoms with E-state index in [9.17, 15) is 30.5 Å². The first-order valence-electron chi connectivity index (χ1n) is 26.3. The van der Waals surface area contributed by atoms with Gasteiger partial charge in [0.1, 0.15) is 35.5 Å². The van der Waals surface area contributed by atoms with Crippen molar-refractivity contribution in [1.82, 2.24) is 34.7 Å². The van der Waals surface area contributed by atoms with Gasteiger partial charge in [0.2, 0.25) is 17.8 Å². The zero-order valence-corrected chi connectivity index (χ0v) is 40.3. The summed E-state index contributed by atoms with van der Waals surface area (Å²) in [5.41, 5.74) is 6.58. The number of pyridine rings is 3. The predicted octanol–water partition coefficient (Wildman–Crippen LogP) is 6.75. The monoisotopic (exact) mass is 959 g/mol. The number of carbonyl (C=O) groups excluding carboxylic acids is 2. The zero-order valence-electron chi connectivity index (χ0n) is 40.3. The Bertz CT molecular complexity index is 3160. The van der Waals surface area contributed by atoms with Crippen molar-refractivity contribution in [3.8, 4) is 40.6 Å². The molecule has 4 aromatic heterocycles. The number of carbonyl (C=O) groups is 2. The molecule has 6 aliphatic carbocycles. The number of piperazine rings is 2. The Balaban J connectivity index is 0.822. The number of fused-ring (bicyclic) bond motifs is 1. The normalized spacial score (nSPS) is 25.6. The van der Waals surface area contributed by atoms with Crippen LogP contribution in [0.2, 0.25) is 0 Å². The molecule has 8 aliphatic rings. The molecule has 16 heteroatoms. The maximum absolute atomic E-state index is 14.2. The first-order chi connectivity index (χ1) is 35.3. The molecule has 2 aliphatic heterocycles. The molecule has 2 saturated heterocycles. The molecule has 2 amide bonds. The summed E-state index contributed by atoms with van der Waals surface area (Å²) in [5, 5.41) is 45.8. The van der Waals surface area contributed by atoms with E-state index in [4.69, 9.17) is 15.0 Å². The first-order valence-corrected chi connectivity index (χ1v) is 26.3. The Labute approximate surface area is 418 Å². The molecule has 5 aromatic rings. The minimum Gasteiger partial charge on any atom is -0.395 e. The fraction of sp³-hybridized carbons (Fsp3) is 0.500. The van der Waals surface area contributed by atoms with Gasteiger partial charge in [-0.15, -0.1) is 0 Å². The fourth-order valence-electron chi connectivity index (χ4n) is 12.5.